The van der Waals surface area contributed by atoms with Crippen molar-refractivity contribution in [1.82, 2.24) is 5.32 Å². The van der Waals surface area contributed by atoms with E-state index in [0.29, 0.717) is 24.2 Å². The summed E-state index contributed by atoms with van der Waals surface area (Å²) < 4.78 is 0. The Morgan fingerprint density at radius 2 is 2.00 bits per heavy atom. The van der Waals surface area contributed by atoms with Gasteiger partial charge in [0, 0.05) is 12.3 Å². The van der Waals surface area contributed by atoms with Gasteiger partial charge in [0.25, 0.3) is 0 Å². The van der Waals surface area contributed by atoms with Crippen molar-refractivity contribution in [2.75, 3.05) is 0 Å². The summed E-state index contributed by atoms with van der Waals surface area (Å²) in [6.07, 6.45) is 4.82. The van der Waals surface area contributed by atoms with Crippen LogP contribution in [-0.4, -0.2) is 11.8 Å². The summed E-state index contributed by atoms with van der Waals surface area (Å²) in [6.45, 7) is 8.83. The first-order valence-corrected chi connectivity index (χ1v) is 7.74. The summed E-state index contributed by atoms with van der Waals surface area (Å²) in [5, 5.41) is 2.55. The monoisotopic (exact) mass is 265 g/mol. The summed E-state index contributed by atoms with van der Waals surface area (Å²) >= 11 is 0. The lowest BCUT2D eigenvalue weighted by atomic mass is 9.51. The Bertz CT molecular complexity index is 377. The molecule has 2 fully saturated rings. The van der Waals surface area contributed by atoms with Gasteiger partial charge in [-0.05, 0) is 42.4 Å². The molecule has 1 saturated heterocycles. The first-order chi connectivity index (χ1) is 8.90. The number of amides is 2. The van der Waals surface area contributed by atoms with Crippen LogP contribution in [0.3, 0.4) is 0 Å². The summed E-state index contributed by atoms with van der Waals surface area (Å²) in [4.78, 5) is 24.2. The molecule has 1 aliphatic heterocycles. The molecule has 1 N–H and O–H groups in total. The van der Waals surface area contributed by atoms with E-state index >= 15 is 0 Å². The molecule has 3 nitrogen and oxygen atoms in total. The van der Waals surface area contributed by atoms with Gasteiger partial charge in [0.05, 0.1) is 0 Å². The SMILES string of the molecule is CCC1C(=O)NC(=O)CC12CC(C)CCC2C(C)C. The van der Waals surface area contributed by atoms with Crippen molar-refractivity contribution < 1.29 is 9.59 Å². The lowest BCUT2D eigenvalue weighted by Gasteiger charge is -2.53. The van der Waals surface area contributed by atoms with Crippen LogP contribution in [0, 0.1) is 29.1 Å². The first-order valence-electron chi connectivity index (χ1n) is 7.74. The van der Waals surface area contributed by atoms with Crippen LogP contribution in [0.2, 0.25) is 0 Å². The zero-order valence-electron chi connectivity index (χ0n) is 12.7. The first kappa shape index (κ1) is 14.5. The van der Waals surface area contributed by atoms with E-state index in [1.165, 1.54) is 6.42 Å². The Labute approximate surface area is 116 Å². The Balaban J connectivity index is 2.42. The van der Waals surface area contributed by atoms with E-state index in [9.17, 15) is 9.59 Å². The quantitative estimate of drug-likeness (QED) is 0.780. The molecule has 4 atom stereocenters. The topological polar surface area (TPSA) is 46.2 Å². The van der Waals surface area contributed by atoms with Gasteiger partial charge in [0.2, 0.25) is 11.8 Å². The van der Waals surface area contributed by atoms with E-state index in [2.05, 4.69) is 33.0 Å². The van der Waals surface area contributed by atoms with Crippen molar-refractivity contribution in [3.63, 3.8) is 0 Å². The number of hydrogen-bond acceptors (Lipinski definition) is 2. The molecule has 0 aromatic carbocycles. The highest BCUT2D eigenvalue weighted by atomic mass is 16.2. The molecule has 1 spiro atoms. The van der Waals surface area contributed by atoms with Crippen molar-refractivity contribution in [3.05, 3.63) is 0 Å². The second-order valence-electron chi connectivity index (χ2n) is 7.02. The zero-order valence-corrected chi connectivity index (χ0v) is 12.7. The van der Waals surface area contributed by atoms with Crippen LogP contribution in [0.15, 0.2) is 0 Å². The number of carbonyl (C=O) groups is 2. The van der Waals surface area contributed by atoms with Gasteiger partial charge in [0.15, 0.2) is 0 Å². The van der Waals surface area contributed by atoms with Crippen molar-refractivity contribution in [3.8, 4) is 0 Å². The molecule has 2 amide bonds. The van der Waals surface area contributed by atoms with E-state index in [0.717, 1.165) is 19.3 Å². The molecule has 1 aliphatic carbocycles. The van der Waals surface area contributed by atoms with Gasteiger partial charge < -0.3 is 0 Å². The van der Waals surface area contributed by atoms with E-state index in [4.69, 9.17) is 0 Å². The van der Waals surface area contributed by atoms with Crippen LogP contribution in [0.25, 0.3) is 0 Å². The molecule has 3 heteroatoms. The van der Waals surface area contributed by atoms with Crippen LogP contribution >= 0.6 is 0 Å². The molecule has 1 heterocycles. The molecule has 1 saturated carbocycles. The molecule has 0 aromatic heterocycles. The molecule has 0 aromatic rings. The number of hydrogen-bond donors (Lipinski definition) is 1. The normalized spacial score (nSPS) is 39.7. The second kappa shape index (κ2) is 5.26. The molecule has 2 aliphatic rings. The molecule has 108 valence electrons. The van der Waals surface area contributed by atoms with Crippen LogP contribution in [-0.2, 0) is 9.59 Å². The number of carbonyl (C=O) groups excluding carboxylic acids is 2. The van der Waals surface area contributed by atoms with Crippen molar-refractivity contribution in [2.45, 2.75) is 59.8 Å². The standard InChI is InChI=1S/C16H27NO2/c1-5-12-15(19)17-14(18)9-16(12)8-11(4)6-7-13(16)10(2)3/h10-13H,5-9H2,1-4H3,(H,17,18,19). The smallest absolute Gasteiger partial charge is 0.230 e. The second-order valence-corrected chi connectivity index (χ2v) is 7.02. The lowest BCUT2D eigenvalue weighted by Crippen LogP contribution is -2.57. The third kappa shape index (κ3) is 2.44. The average molecular weight is 265 g/mol. The number of nitrogens with one attached hydrogen (secondary N) is 1. The maximum absolute atomic E-state index is 12.3. The Morgan fingerprint density at radius 3 is 2.58 bits per heavy atom. The molecular weight excluding hydrogens is 238 g/mol. The molecular formula is C16H27NO2. The highest BCUT2D eigenvalue weighted by molar-refractivity contribution is 5.99. The Kier molecular flexibility index (Phi) is 4.03. The fourth-order valence-corrected chi connectivity index (χ4v) is 4.80. The van der Waals surface area contributed by atoms with E-state index in [-0.39, 0.29) is 23.1 Å². The van der Waals surface area contributed by atoms with Gasteiger partial charge in [-0.25, -0.2) is 0 Å². The van der Waals surface area contributed by atoms with Crippen LogP contribution in [0.4, 0.5) is 0 Å². The minimum atomic E-state index is -0.0833. The van der Waals surface area contributed by atoms with E-state index in [1.807, 2.05) is 0 Å². The van der Waals surface area contributed by atoms with Gasteiger partial charge in [-0.1, -0.05) is 34.1 Å². The van der Waals surface area contributed by atoms with E-state index in [1.54, 1.807) is 0 Å². The largest absolute Gasteiger partial charge is 0.296 e. The lowest BCUT2D eigenvalue weighted by molar-refractivity contribution is -0.152. The van der Waals surface area contributed by atoms with Gasteiger partial charge in [-0.2, -0.15) is 0 Å². The van der Waals surface area contributed by atoms with Crippen LogP contribution in [0.1, 0.15) is 59.8 Å². The van der Waals surface area contributed by atoms with Crippen molar-refractivity contribution >= 4 is 11.8 Å². The molecule has 0 radical (unpaired) electrons. The summed E-state index contributed by atoms with van der Waals surface area (Å²) in [5.41, 5.74) is -0.0833. The van der Waals surface area contributed by atoms with Crippen LogP contribution in [0.5, 0.6) is 0 Å². The van der Waals surface area contributed by atoms with Gasteiger partial charge in [-0.3, -0.25) is 14.9 Å². The highest BCUT2D eigenvalue weighted by Crippen LogP contribution is 2.55. The highest BCUT2D eigenvalue weighted by Gasteiger charge is 2.54. The zero-order chi connectivity index (χ0) is 14.2. The molecule has 19 heavy (non-hydrogen) atoms. The third-order valence-electron chi connectivity index (χ3n) is 5.41. The van der Waals surface area contributed by atoms with Crippen molar-refractivity contribution in [1.29, 1.82) is 0 Å². The third-order valence-corrected chi connectivity index (χ3v) is 5.41. The number of imide groups is 1. The average Bonchev–Trinajstić information content (AvgIpc) is 2.27. The molecule has 0 bridgehead atoms. The van der Waals surface area contributed by atoms with Crippen molar-refractivity contribution in [2.24, 2.45) is 29.1 Å². The summed E-state index contributed by atoms with van der Waals surface area (Å²) in [5.74, 6) is 1.60. The minimum absolute atomic E-state index is 0.0142. The van der Waals surface area contributed by atoms with Crippen LogP contribution < -0.4 is 5.32 Å². The Morgan fingerprint density at radius 1 is 1.32 bits per heavy atom. The minimum Gasteiger partial charge on any atom is -0.296 e. The number of rotatable bonds is 2. The Hall–Kier alpha value is -0.860. The van der Waals surface area contributed by atoms with Gasteiger partial charge >= 0.3 is 0 Å². The fraction of sp³-hybridized carbons (Fsp3) is 0.875. The van der Waals surface area contributed by atoms with Gasteiger partial charge in [0.1, 0.15) is 0 Å². The molecule has 2 rings (SSSR count). The van der Waals surface area contributed by atoms with Gasteiger partial charge in [-0.15, -0.1) is 0 Å². The predicted molar refractivity (Wildman–Crippen MR) is 75.3 cm³/mol. The summed E-state index contributed by atoms with van der Waals surface area (Å²) in [6, 6.07) is 0. The maximum atomic E-state index is 12.3. The van der Waals surface area contributed by atoms with E-state index < -0.39 is 0 Å². The maximum Gasteiger partial charge on any atom is 0.230 e. The fourth-order valence-electron chi connectivity index (χ4n) is 4.80. The number of piperidine rings is 1. The predicted octanol–water partition coefficient (Wildman–Crippen LogP) is 3.14. The summed E-state index contributed by atoms with van der Waals surface area (Å²) in [7, 11) is 0. The molecule has 4 unspecified atom stereocenters.